The minimum absolute atomic E-state index is 0.00180. The molecule has 3 aromatic rings. The topological polar surface area (TPSA) is 75.7 Å². The van der Waals surface area contributed by atoms with Crippen LogP contribution in [0.15, 0.2) is 84.9 Å². The molecule has 3 aromatic carbocycles. The second-order valence-corrected chi connectivity index (χ2v) is 12.0. The average molecular weight is 539 g/mol. The van der Waals surface area contributed by atoms with Crippen molar-refractivity contribution in [1.82, 2.24) is 10.2 Å². The molecule has 0 spiro atoms. The van der Waals surface area contributed by atoms with E-state index in [1.54, 1.807) is 0 Å². The maximum atomic E-state index is 13.7. The molecule has 1 aliphatic heterocycles. The minimum atomic E-state index is -0.585. The summed E-state index contributed by atoms with van der Waals surface area (Å²) in [6.07, 6.45) is 0.964. The highest BCUT2D eigenvalue weighted by atomic mass is 16.6. The van der Waals surface area contributed by atoms with Crippen LogP contribution in [0.2, 0.25) is 0 Å². The highest BCUT2D eigenvalue weighted by Crippen LogP contribution is 2.52. The number of nitrogens with zero attached hydrogens (tertiary/aromatic N) is 1. The summed E-state index contributed by atoms with van der Waals surface area (Å²) in [4.78, 5) is 41.1. The van der Waals surface area contributed by atoms with E-state index in [1.165, 1.54) is 11.1 Å². The van der Waals surface area contributed by atoms with Crippen LogP contribution in [0.1, 0.15) is 55.9 Å². The van der Waals surface area contributed by atoms with Crippen molar-refractivity contribution in [1.29, 1.82) is 0 Å². The molecule has 40 heavy (non-hydrogen) atoms. The monoisotopic (exact) mass is 538 g/mol. The molecule has 208 valence electrons. The minimum Gasteiger partial charge on any atom is -0.444 e. The van der Waals surface area contributed by atoms with Gasteiger partial charge in [-0.1, -0.05) is 84.9 Å². The van der Waals surface area contributed by atoms with Crippen LogP contribution >= 0.6 is 0 Å². The SMILES string of the molecule is CC(C)(C)OC(=O)NCc1ccccc1CC(=O)N1CC2C(=O)CCC(c3ccccc3)(c3ccccc3)C2C1. The van der Waals surface area contributed by atoms with Gasteiger partial charge in [0.15, 0.2) is 0 Å². The molecular formula is C34H38N2O4. The first-order valence-corrected chi connectivity index (χ1v) is 14.1. The Morgan fingerprint density at radius 2 is 1.45 bits per heavy atom. The lowest BCUT2D eigenvalue weighted by atomic mass is 9.56. The predicted molar refractivity (Wildman–Crippen MR) is 155 cm³/mol. The van der Waals surface area contributed by atoms with Crippen LogP contribution in [-0.2, 0) is 32.7 Å². The maximum absolute atomic E-state index is 13.7. The summed E-state index contributed by atoms with van der Waals surface area (Å²) in [5, 5.41) is 2.80. The number of carbonyl (C=O) groups excluding carboxylic acids is 3. The summed E-state index contributed by atoms with van der Waals surface area (Å²) in [5.74, 6) is 0.0699. The number of alkyl carbamates (subject to hydrolysis) is 1. The maximum Gasteiger partial charge on any atom is 0.407 e. The number of nitrogens with one attached hydrogen (secondary N) is 1. The second-order valence-electron chi connectivity index (χ2n) is 12.0. The van der Waals surface area contributed by atoms with E-state index < -0.39 is 11.7 Å². The van der Waals surface area contributed by atoms with Gasteiger partial charge in [-0.05, 0) is 49.4 Å². The van der Waals surface area contributed by atoms with Gasteiger partial charge < -0.3 is 15.0 Å². The van der Waals surface area contributed by atoms with Crippen molar-refractivity contribution >= 4 is 17.8 Å². The van der Waals surface area contributed by atoms with E-state index in [4.69, 9.17) is 4.74 Å². The Hall–Kier alpha value is -3.93. The van der Waals surface area contributed by atoms with Crippen LogP contribution in [-0.4, -0.2) is 41.4 Å². The molecule has 2 amide bonds. The number of rotatable bonds is 6. The highest BCUT2D eigenvalue weighted by molar-refractivity contribution is 5.86. The molecule has 6 heteroatoms. The molecular weight excluding hydrogens is 500 g/mol. The molecule has 1 heterocycles. The number of ketones is 1. The molecule has 1 aliphatic carbocycles. The summed E-state index contributed by atoms with van der Waals surface area (Å²) in [7, 11) is 0. The van der Waals surface area contributed by atoms with Gasteiger partial charge in [-0.15, -0.1) is 0 Å². The fraction of sp³-hybridized carbons (Fsp3) is 0.382. The largest absolute Gasteiger partial charge is 0.444 e. The molecule has 0 aromatic heterocycles. The fourth-order valence-electron chi connectivity index (χ4n) is 6.54. The van der Waals surface area contributed by atoms with E-state index in [9.17, 15) is 14.4 Å². The number of carbonyl (C=O) groups is 3. The molecule has 2 atom stereocenters. The lowest BCUT2D eigenvalue weighted by Crippen LogP contribution is -2.47. The molecule has 0 bridgehead atoms. The van der Waals surface area contributed by atoms with Gasteiger partial charge in [0.1, 0.15) is 11.4 Å². The molecule has 1 saturated heterocycles. The molecule has 0 radical (unpaired) electrons. The summed E-state index contributed by atoms with van der Waals surface area (Å²) < 4.78 is 5.36. The van der Waals surface area contributed by atoms with Crippen LogP contribution in [0.5, 0.6) is 0 Å². The second kappa shape index (κ2) is 11.3. The normalized spacial score (nSPS) is 20.1. The third-order valence-electron chi connectivity index (χ3n) is 8.34. The molecule has 6 nitrogen and oxygen atoms in total. The number of amides is 2. The lowest BCUT2D eigenvalue weighted by Gasteiger charge is -2.45. The van der Waals surface area contributed by atoms with Gasteiger partial charge in [0.25, 0.3) is 0 Å². The first-order chi connectivity index (χ1) is 19.2. The van der Waals surface area contributed by atoms with Crippen molar-refractivity contribution in [3.05, 3.63) is 107 Å². The van der Waals surface area contributed by atoms with Gasteiger partial charge in [-0.2, -0.15) is 0 Å². The van der Waals surface area contributed by atoms with Crippen LogP contribution in [0, 0.1) is 11.8 Å². The van der Waals surface area contributed by atoms with Crippen molar-refractivity contribution in [2.24, 2.45) is 11.8 Å². The molecule has 1 saturated carbocycles. The Morgan fingerprint density at radius 1 is 0.875 bits per heavy atom. The summed E-state index contributed by atoms with van der Waals surface area (Å²) in [6.45, 7) is 6.72. The number of hydrogen-bond donors (Lipinski definition) is 1. The molecule has 2 unspecified atom stereocenters. The summed E-state index contributed by atoms with van der Waals surface area (Å²) in [6, 6.07) is 28.6. The molecule has 1 N–H and O–H groups in total. The predicted octanol–water partition coefficient (Wildman–Crippen LogP) is 5.68. The summed E-state index contributed by atoms with van der Waals surface area (Å²) in [5.41, 5.74) is 3.23. The molecule has 5 rings (SSSR count). The Morgan fingerprint density at radius 3 is 2.05 bits per heavy atom. The average Bonchev–Trinajstić information content (AvgIpc) is 3.40. The zero-order valence-corrected chi connectivity index (χ0v) is 23.6. The zero-order valence-electron chi connectivity index (χ0n) is 23.6. The Kier molecular flexibility index (Phi) is 7.79. The Labute approximate surface area is 236 Å². The van der Waals surface area contributed by atoms with Crippen molar-refractivity contribution in [2.45, 2.75) is 57.6 Å². The smallest absolute Gasteiger partial charge is 0.407 e. The van der Waals surface area contributed by atoms with Gasteiger partial charge in [-0.3, -0.25) is 9.59 Å². The Bertz CT molecular complexity index is 1320. The van der Waals surface area contributed by atoms with Gasteiger partial charge in [-0.25, -0.2) is 4.79 Å². The third-order valence-corrected chi connectivity index (χ3v) is 8.34. The van der Waals surface area contributed by atoms with Crippen molar-refractivity contribution in [2.75, 3.05) is 13.1 Å². The number of likely N-dealkylation sites (tertiary alicyclic amines) is 1. The van der Waals surface area contributed by atoms with E-state index in [0.717, 1.165) is 17.5 Å². The van der Waals surface area contributed by atoms with Crippen molar-refractivity contribution in [3.63, 3.8) is 0 Å². The van der Waals surface area contributed by atoms with Crippen LogP contribution in [0.4, 0.5) is 4.79 Å². The lowest BCUT2D eigenvalue weighted by molar-refractivity contribution is -0.129. The van der Waals surface area contributed by atoms with E-state index in [-0.39, 0.29) is 41.9 Å². The van der Waals surface area contributed by atoms with E-state index in [2.05, 4.69) is 53.8 Å². The van der Waals surface area contributed by atoms with Gasteiger partial charge in [0, 0.05) is 43.3 Å². The van der Waals surface area contributed by atoms with Crippen LogP contribution in [0.3, 0.4) is 0 Å². The van der Waals surface area contributed by atoms with Gasteiger partial charge >= 0.3 is 6.09 Å². The van der Waals surface area contributed by atoms with Crippen molar-refractivity contribution in [3.8, 4) is 0 Å². The van der Waals surface area contributed by atoms with Crippen LogP contribution < -0.4 is 5.32 Å². The van der Waals surface area contributed by atoms with Crippen molar-refractivity contribution < 1.29 is 19.1 Å². The molecule has 2 aliphatic rings. The van der Waals surface area contributed by atoms with E-state index in [0.29, 0.717) is 19.5 Å². The first-order valence-electron chi connectivity index (χ1n) is 14.1. The highest BCUT2D eigenvalue weighted by Gasteiger charge is 2.55. The number of Topliss-reactive ketones (excluding diaryl/α,β-unsaturated/α-hetero) is 1. The zero-order chi connectivity index (χ0) is 28.3. The number of fused-ring (bicyclic) bond motifs is 1. The van der Waals surface area contributed by atoms with E-state index >= 15 is 0 Å². The summed E-state index contributed by atoms with van der Waals surface area (Å²) >= 11 is 0. The van der Waals surface area contributed by atoms with Crippen LogP contribution in [0.25, 0.3) is 0 Å². The fourth-order valence-corrected chi connectivity index (χ4v) is 6.54. The number of hydrogen-bond acceptors (Lipinski definition) is 4. The van der Waals surface area contributed by atoms with E-state index in [1.807, 2.05) is 62.1 Å². The number of benzene rings is 3. The quantitative estimate of drug-likeness (QED) is 0.438. The van der Waals surface area contributed by atoms with Gasteiger partial charge in [0.05, 0.1) is 6.42 Å². The standard InChI is InChI=1S/C34H38N2O4/c1-33(2,3)40-32(39)35-21-25-13-11-10-12-24(25)20-31(38)36-22-28-29(23-36)34(19-18-30(28)37,26-14-6-4-7-15-26)27-16-8-5-9-17-27/h4-17,28-29H,18-23H2,1-3H3,(H,35,39). The third kappa shape index (κ3) is 5.67. The number of ether oxygens (including phenoxy) is 1. The molecule has 2 fully saturated rings. The van der Waals surface area contributed by atoms with Gasteiger partial charge in [0.2, 0.25) is 5.91 Å². The first kappa shape index (κ1) is 27.6. The Balaban J connectivity index is 1.37.